The molecule has 3 atom stereocenters. The first-order valence-electron chi connectivity index (χ1n) is 14.8. The third kappa shape index (κ3) is 6.06. The molecule has 5 heterocycles. The lowest BCUT2D eigenvalue weighted by atomic mass is 9.95. The zero-order valence-corrected chi connectivity index (χ0v) is 24.6. The molecule has 4 N–H and O–H groups in total. The zero-order valence-electron chi connectivity index (χ0n) is 24.6. The average Bonchev–Trinajstić information content (AvgIpc) is 3.48. The van der Waals surface area contributed by atoms with Crippen LogP contribution in [0.15, 0.2) is 12.1 Å². The minimum Gasteiger partial charge on any atom is -0.474 e. The summed E-state index contributed by atoms with van der Waals surface area (Å²) in [7, 11) is 0. The number of ether oxygens (including phenoxy) is 2. The molecule has 2 fully saturated rings. The fourth-order valence-electron chi connectivity index (χ4n) is 6.55. The fourth-order valence-corrected chi connectivity index (χ4v) is 6.55. The normalized spacial score (nSPS) is 24.3. The van der Waals surface area contributed by atoms with Gasteiger partial charge in [-0.25, -0.2) is 13.8 Å². The van der Waals surface area contributed by atoms with E-state index in [1.54, 1.807) is 6.92 Å². The van der Waals surface area contributed by atoms with Crippen LogP contribution in [0.1, 0.15) is 43.7 Å². The van der Waals surface area contributed by atoms with E-state index in [-0.39, 0.29) is 49.4 Å². The molecule has 0 spiro atoms. The van der Waals surface area contributed by atoms with E-state index in [0.717, 1.165) is 6.42 Å². The van der Waals surface area contributed by atoms with E-state index in [9.17, 15) is 30.7 Å². The van der Waals surface area contributed by atoms with Crippen LogP contribution < -0.4 is 25.8 Å². The van der Waals surface area contributed by atoms with Crippen molar-refractivity contribution in [1.82, 2.24) is 25.2 Å². The molecule has 250 valence electrons. The van der Waals surface area contributed by atoms with E-state index in [1.165, 1.54) is 0 Å². The minimum atomic E-state index is -5.58. The number of anilines is 2. The highest BCUT2D eigenvalue weighted by molar-refractivity contribution is 5.96. The highest BCUT2D eigenvalue weighted by Gasteiger charge is 2.50. The van der Waals surface area contributed by atoms with E-state index >= 15 is 4.39 Å². The van der Waals surface area contributed by atoms with Crippen molar-refractivity contribution >= 4 is 22.4 Å². The maximum Gasteiger partial charge on any atom is 0.417 e. The van der Waals surface area contributed by atoms with Gasteiger partial charge in [-0.1, -0.05) is 0 Å². The van der Waals surface area contributed by atoms with E-state index < -0.39 is 75.5 Å². The molecule has 3 aliphatic rings. The number of nitrogen functional groups attached to an aromatic ring is 1. The highest BCUT2D eigenvalue weighted by atomic mass is 19.4. The van der Waals surface area contributed by atoms with Gasteiger partial charge in [0.15, 0.2) is 5.82 Å². The monoisotopic (exact) mass is 661 g/mol. The second kappa shape index (κ2) is 11.8. The number of nitrogens with one attached hydrogen (secondary N) is 2. The Morgan fingerprint density at radius 2 is 1.87 bits per heavy atom. The first-order chi connectivity index (χ1) is 21.7. The number of rotatable bonds is 4. The molecule has 46 heavy (non-hydrogen) atoms. The van der Waals surface area contributed by atoms with Crippen LogP contribution in [-0.4, -0.2) is 77.0 Å². The molecule has 0 amide bonds. The Morgan fingerprint density at radius 3 is 2.61 bits per heavy atom. The number of nitrogens with zero attached hydrogens (tertiary/aromatic N) is 4. The van der Waals surface area contributed by atoms with Crippen molar-refractivity contribution in [3.05, 3.63) is 29.1 Å². The van der Waals surface area contributed by atoms with Crippen molar-refractivity contribution in [2.45, 2.75) is 62.8 Å². The van der Waals surface area contributed by atoms with Crippen LogP contribution in [-0.2, 0) is 12.4 Å². The second-order valence-electron chi connectivity index (χ2n) is 11.9. The molecule has 1 unspecified atom stereocenters. The Morgan fingerprint density at radius 1 is 1.09 bits per heavy atom. The molecular formula is C29H31F8N7O2. The third-order valence-electron chi connectivity index (χ3n) is 8.60. The van der Waals surface area contributed by atoms with E-state index in [2.05, 4.69) is 25.6 Å². The van der Waals surface area contributed by atoms with Gasteiger partial charge in [0, 0.05) is 37.3 Å². The van der Waals surface area contributed by atoms with Crippen LogP contribution >= 0.6 is 0 Å². The number of pyridine rings is 1. The Hall–Kier alpha value is -3.73. The Balaban J connectivity index is 1.56. The Bertz CT molecular complexity index is 1640. The molecule has 3 aliphatic heterocycles. The summed E-state index contributed by atoms with van der Waals surface area (Å²) >= 11 is 0. The maximum atomic E-state index is 16.5. The maximum absolute atomic E-state index is 16.5. The summed E-state index contributed by atoms with van der Waals surface area (Å²) in [6.45, 7) is 3.73. The summed E-state index contributed by atoms with van der Waals surface area (Å²) in [4.78, 5) is 14.6. The second-order valence-corrected chi connectivity index (χ2v) is 11.9. The zero-order chi connectivity index (χ0) is 33.0. The smallest absolute Gasteiger partial charge is 0.417 e. The molecule has 0 bridgehead atoms. The molecule has 9 nitrogen and oxygen atoms in total. The van der Waals surface area contributed by atoms with Crippen molar-refractivity contribution in [3.63, 3.8) is 0 Å². The molecule has 2 aromatic heterocycles. The van der Waals surface area contributed by atoms with Crippen LogP contribution in [0, 0.1) is 5.82 Å². The lowest BCUT2D eigenvalue weighted by Crippen LogP contribution is -2.43. The van der Waals surface area contributed by atoms with Gasteiger partial charge in [0.25, 0.3) is 0 Å². The molecule has 3 aromatic rings. The fraction of sp³-hybridized carbons (Fsp3) is 0.552. The van der Waals surface area contributed by atoms with Crippen LogP contribution in [0.3, 0.4) is 0 Å². The summed E-state index contributed by atoms with van der Waals surface area (Å²) in [5.41, 5.74) is -2.87. The van der Waals surface area contributed by atoms with Crippen LogP contribution in [0.2, 0.25) is 0 Å². The minimum absolute atomic E-state index is 0.0148. The van der Waals surface area contributed by atoms with Gasteiger partial charge < -0.3 is 25.8 Å². The Labute approximate surface area is 257 Å². The average molecular weight is 662 g/mol. The summed E-state index contributed by atoms with van der Waals surface area (Å²) in [5, 5.41) is 6.06. The largest absolute Gasteiger partial charge is 0.474 e. The van der Waals surface area contributed by atoms with Crippen molar-refractivity contribution in [3.8, 4) is 23.1 Å². The summed E-state index contributed by atoms with van der Waals surface area (Å²) in [5.74, 6) is -1.87. The molecule has 0 radical (unpaired) electrons. The number of hydrogen-bond acceptors (Lipinski definition) is 9. The van der Waals surface area contributed by atoms with Gasteiger partial charge in [0.2, 0.25) is 5.88 Å². The molecule has 0 aliphatic carbocycles. The first kappa shape index (κ1) is 32.2. The molecule has 2 saturated heterocycles. The van der Waals surface area contributed by atoms with Crippen LogP contribution in [0.5, 0.6) is 11.9 Å². The summed E-state index contributed by atoms with van der Waals surface area (Å²) in [6.07, 6.45) is -10.6. The summed E-state index contributed by atoms with van der Waals surface area (Å²) < 4.78 is 127. The van der Waals surface area contributed by atoms with E-state index in [4.69, 9.17) is 15.2 Å². The lowest BCUT2D eigenvalue weighted by Gasteiger charge is -2.30. The number of benzene rings is 1. The number of fused-ring (bicyclic) bond motifs is 1. The number of aromatic nitrogens is 3. The third-order valence-corrected chi connectivity index (χ3v) is 8.60. The topological polar surface area (TPSA) is 110 Å². The van der Waals surface area contributed by atoms with Gasteiger partial charge in [-0.3, -0.25) is 4.90 Å². The number of halogens is 8. The quantitative estimate of drug-likeness (QED) is 0.244. The molecule has 0 saturated carbocycles. The van der Waals surface area contributed by atoms with Gasteiger partial charge in [0.05, 0.1) is 22.8 Å². The van der Waals surface area contributed by atoms with Crippen LogP contribution in [0.4, 0.5) is 46.6 Å². The van der Waals surface area contributed by atoms with Gasteiger partial charge in [-0.2, -0.15) is 36.3 Å². The van der Waals surface area contributed by atoms with Crippen molar-refractivity contribution in [2.75, 3.05) is 50.4 Å². The predicted molar refractivity (Wildman–Crippen MR) is 152 cm³/mol. The van der Waals surface area contributed by atoms with Gasteiger partial charge in [-0.05, 0) is 51.4 Å². The Kier molecular flexibility index (Phi) is 8.27. The number of alkyl halides is 7. The van der Waals surface area contributed by atoms with E-state index in [1.807, 2.05) is 4.90 Å². The molecule has 1 aromatic carbocycles. The predicted octanol–water partition coefficient (Wildman–Crippen LogP) is 5.58. The molecule has 6 rings (SSSR count). The summed E-state index contributed by atoms with van der Waals surface area (Å²) in [6, 6.07) is 0.357. The SMILES string of the molecule is C[C@H]1CCNCCNc2nc(OCC34CCCN3C[C@H](F)C4)nc3c(F)c(-c4cc(N)cc(C(F)(F)F)c4C(F)(F)F)nc(c23)O1. The van der Waals surface area contributed by atoms with Gasteiger partial charge in [-0.15, -0.1) is 0 Å². The highest BCUT2D eigenvalue weighted by Crippen LogP contribution is 2.48. The van der Waals surface area contributed by atoms with Crippen molar-refractivity contribution < 1.29 is 44.6 Å². The van der Waals surface area contributed by atoms with Gasteiger partial charge >= 0.3 is 18.4 Å². The first-order valence-corrected chi connectivity index (χ1v) is 14.8. The molecular weight excluding hydrogens is 630 g/mol. The molecule has 17 heteroatoms. The van der Waals surface area contributed by atoms with Crippen molar-refractivity contribution in [2.24, 2.45) is 0 Å². The van der Waals surface area contributed by atoms with E-state index in [0.29, 0.717) is 38.5 Å². The standard InChI is InChI=1S/C29H31F8N7O2/c1-14-3-5-39-6-7-40-24-19-23(42-26(43-24)45-13-27-4-2-8-44(27)12-15(30)11-27)21(31)22(41-25(19)46-14)17-9-16(38)10-18(28(32,33)34)20(17)29(35,36)37/h9-10,14-15,39H,2-8,11-13,38H2,1H3,(H,40,42,43)/t14-,15+,27?/m0/s1. The van der Waals surface area contributed by atoms with Gasteiger partial charge in [0.1, 0.15) is 35.2 Å². The number of hydrogen-bond donors (Lipinski definition) is 3. The number of nitrogens with two attached hydrogens (primary N) is 1. The van der Waals surface area contributed by atoms with Crippen LogP contribution in [0.25, 0.3) is 22.2 Å². The van der Waals surface area contributed by atoms with Crippen molar-refractivity contribution in [1.29, 1.82) is 0 Å². The lowest BCUT2D eigenvalue weighted by molar-refractivity contribution is -0.161.